The quantitative estimate of drug-likeness (QED) is 0.616. The Morgan fingerprint density at radius 2 is 1.79 bits per heavy atom. The third kappa shape index (κ3) is 4.05. The number of carbonyl (C=O) groups excluding carboxylic acids is 1. The van der Waals surface area contributed by atoms with Gasteiger partial charge in [-0.1, -0.05) is 12.1 Å². The van der Waals surface area contributed by atoms with Crippen molar-refractivity contribution < 1.29 is 9.72 Å². The number of nitrogens with one attached hydrogen (secondary N) is 1. The summed E-state index contributed by atoms with van der Waals surface area (Å²) in [7, 11) is 0. The van der Waals surface area contributed by atoms with Crippen molar-refractivity contribution in [1.29, 1.82) is 0 Å². The molecule has 1 aromatic carbocycles. The molecule has 0 unspecified atom stereocenters. The van der Waals surface area contributed by atoms with E-state index in [9.17, 15) is 14.9 Å². The Labute approximate surface area is 168 Å². The number of nitro groups is 1. The van der Waals surface area contributed by atoms with Gasteiger partial charge in [-0.2, -0.15) is 0 Å². The number of anilines is 2. The van der Waals surface area contributed by atoms with Crippen molar-refractivity contribution in [3.63, 3.8) is 0 Å². The van der Waals surface area contributed by atoms with Crippen LogP contribution in [0.2, 0.25) is 0 Å². The summed E-state index contributed by atoms with van der Waals surface area (Å²) in [6.07, 6.45) is 5.32. The van der Waals surface area contributed by atoms with Crippen LogP contribution in [0.4, 0.5) is 17.3 Å². The molecule has 0 spiro atoms. The molecule has 2 bridgehead atoms. The van der Waals surface area contributed by atoms with E-state index >= 15 is 0 Å². The van der Waals surface area contributed by atoms with E-state index in [0.29, 0.717) is 17.7 Å². The lowest BCUT2D eigenvalue weighted by Gasteiger charge is -2.31. The molecular weight excluding hydrogens is 384 g/mol. The number of amides is 1. The van der Waals surface area contributed by atoms with Gasteiger partial charge in [-0.3, -0.25) is 14.9 Å². The molecule has 0 radical (unpaired) electrons. The molecule has 2 aromatic rings. The van der Waals surface area contributed by atoms with Crippen LogP contribution in [0.1, 0.15) is 23.2 Å². The molecule has 3 saturated heterocycles. The fraction of sp³-hybridized carbons (Fsp3) is 0.389. The molecule has 1 amide bonds. The van der Waals surface area contributed by atoms with Crippen LogP contribution in [-0.2, 0) is 0 Å². The van der Waals surface area contributed by atoms with Crippen LogP contribution in [0.15, 0.2) is 36.7 Å². The minimum Gasteiger partial charge on any atom is -0.336 e. The zero-order valence-electron chi connectivity index (χ0n) is 15.2. The van der Waals surface area contributed by atoms with Gasteiger partial charge in [0.05, 0.1) is 23.0 Å². The second-order valence-corrected chi connectivity index (χ2v) is 6.77. The van der Waals surface area contributed by atoms with Crippen molar-refractivity contribution in [2.24, 2.45) is 0 Å². The number of para-hydroxylation sites is 1. The Kier molecular flexibility index (Phi) is 6.05. The number of halogens is 1. The second kappa shape index (κ2) is 8.49. The van der Waals surface area contributed by atoms with Crippen LogP contribution >= 0.6 is 12.4 Å². The lowest BCUT2D eigenvalue weighted by Crippen LogP contribution is -2.38. The van der Waals surface area contributed by atoms with Gasteiger partial charge in [0.1, 0.15) is 5.56 Å². The summed E-state index contributed by atoms with van der Waals surface area (Å²) in [6.45, 7) is 4.14. The van der Waals surface area contributed by atoms with E-state index in [1.807, 2.05) is 0 Å². The summed E-state index contributed by atoms with van der Waals surface area (Å²) in [5.74, 6) is 0.104. The molecule has 148 valence electrons. The SMILES string of the molecule is Cl.O=C(Nc1cnc(N2CCN3CCC2CC3)nc1)c1ccccc1[N+](=O)[O-]. The molecule has 3 aliphatic heterocycles. The summed E-state index contributed by atoms with van der Waals surface area (Å²) in [5, 5.41) is 13.7. The lowest BCUT2D eigenvalue weighted by molar-refractivity contribution is -0.385. The van der Waals surface area contributed by atoms with Gasteiger partial charge in [0.25, 0.3) is 11.6 Å². The summed E-state index contributed by atoms with van der Waals surface area (Å²) in [6, 6.07) is 6.30. The van der Waals surface area contributed by atoms with Gasteiger partial charge in [-0.15, -0.1) is 12.4 Å². The first kappa shape index (κ1) is 20.0. The molecule has 4 heterocycles. The Morgan fingerprint density at radius 3 is 2.46 bits per heavy atom. The number of piperidine rings is 1. The Morgan fingerprint density at radius 1 is 1.11 bits per heavy atom. The normalized spacial score (nSPS) is 20.8. The van der Waals surface area contributed by atoms with E-state index in [4.69, 9.17) is 0 Å². The topological polar surface area (TPSA) is 104 Å². The van der Waals surface area contributed by atoms with E-state index < -0.39 is 10.8 Å². The van der Waals surface area contributed by atoms with Crippen molar-refractivity contribution in [2.45, 2.75) is 18.9 Å². The summed E-state index contributed by atoms with van der Waals surface area (Å²) in [5.41, 5.74) is 0.179. The lowest BCUT2D eigenvalue weighted by atomic mass is 10.1. The summed E-state index contributed by atoms with van der Waals surface area (Å²) in [4.78, 5) is 36.4. The van der Waals surface area contributed by atoms with Crippen LogP contribution in [0.5, 0.6) is 0 Å². The standard InChI is InChI=1S/C18H20N6O3.ClH/c25-17(15-3-1-2-4-16(15)24(26)27)21-13-11-19-18(20-12-13)23-10-9-22-7-5-14(23)6-8-22;/h1-4,11-12,14H,5-10H2,(H,21,25);1H. The molecule has 1 N–H and O–H groups in total. The molecule has 0 saturated carbocycles. The van der Waals surface area contributed by atoms with Crippen molar-refractivity contribution in [2.75, 3.05) is 36.4 Å². The summed E-state index contributed by atoms with van der Waals surface area (Å²) >= 11 is 0. The molecule has 0 aliphatic carbocycles. The van der Waals surface area contributed by atoms with E-state index in [1.54, 1.807) is 18.5 Å². The fourth-order valence-electron chi connectivity index (χ4n) is 3.71. The molecule has 10 heteroatoms. The number of nitro benzene ring substituents is 1. The van der Waals surface area contributed by atoms with E-state index in [2.05, 4.69) is 25.1 Å². The van der Waals surface area contributed by atoms with Crippen LogP contribution in [0.25, 0.3) is 0 Å². The van der Waals surface area contributed by atoms with Crippen molar-refractivity contribution >= 4 is 35.6 Å². The average Bonchev–Trinajstić information content (AvgIpc) is 3.02. The third-order valence-electron chi connectivity index (χ3n) is 5.15. The first-order chi connectivity index (χ1) is 13.1. The summed E-state index contributed by atoms with van der Waals surface area (Å²) < 4.78 is 0. The van der Waals surface area contributed by atoms with Crippen molar-refractivity contribution in [3.8, 4) is 0 Å². The maximum atomic E-state index is 12.4. The van der Waals surface area contributed by atoms with Gasteiger partial charge >= 0.3 is 0 Å². The zero-order chi connectivity index (χ0) is 18.8. The highest BCUT2D eigenvalue weighted by Crippen LogP contribution is 2.25. The molecular formula is C18H21ClN6O3. The van der Waals surface area contributed by atoms with Crippen LogP contribution < -0.4 is 10.2 Å². The molecule has 3 fully saturated rings. The Hall–Kier alpha value is -2.78. The van der Waals surface area contributed by atoms with Crippen molar-refractivity contribution in [1.82, 2.24) is 14.9 Å². The molecule has 3 aliphatic rings. The van der Waals surface area contributed by atoms with Gasteiger partial charge < -0.3 is 15.1 Å². The number of fused-ring (bicyclic) bond motifs is 4. The van der Waals surface area contributed by atoms with E-state index in [0.717, 1.165) is 39.0 Å². The smallest absolute Gasteiger partial charge is 0.282 e. The molecule has 5 rings (SSSR count). The maximum Gasteiger partial charge on any atom is 0.282 e. The van der Waals surface area contributed by atoms with Gasteiger partial charge in [0.15, 0.2) is 0 Å². The average molecular weight is 405 g/mol. The number of rotatable bonds is 4. The van der Waals surface area contributed by atoms with Crippen LogP contribution in [-0.4, -0.2) is 57.9 Å². The van der Waals surface area contributed by atoms with Gasteiger partial charge in [0.2, 0.25) is 5.95 Å². The number of benzene rings is 1. The van der Waals surface area contributed by atoms with Gasteiger partial charge in [0, 0.05) is 38.3 Å². The minimum atomic E-state index is -0.571. The maximum absolute atomic E-state index is 12.4. The predicted molar refractivity (Wildman–Crippen MR) is 107 cm³/mol. The van der Waals surface area contributed by atoms with Gasteiger partial charge in [-0.25, -0.2) is 9.97 Å². The first-order valence-corrected chi connectivity index (χ1v) is 8.97. The number of hydrogen-bond acceptors (Lipinski definition) is 7. The van der Waals surface area contributed by atoms with Gasteiger partial charge in [-0.05, 0) is 18.9 Å². The molecule has 1 aromatic heterocycles. The predicted octanol–water partition coefficient (Wildman–Crippen LogP) is 2.34. The van der Waals surface area contributed by atoms with Crippen LogP contribution in [0.3, 0.4) is 0 Å². The van der Waals surface area contributed by atoms with E-state index in [-0.39, 0.29) is 23.7 Å². The van der Waals surface area contributed by atoms with E-state index in [1.165, 1.54) is 18.2 Å². The zero-order valence-corrected chi connectivity index (χ0v) is 16.0. The second-order valence-electron chi connectivity index (χ2n) is 6.77. The molecule has 28 heavy (non-hydrogen) atoms. The monoisotopic (exact) mass is 404 g/mol. The number of carbonyl (C=O) groups is 1. The number of hydrogen-bond donors (Lipinski definition) is 1. The highest BCUT2D eigenvalue weighted by atomic mass is 35.5. The Bertz CT molecular complexity index is 855. The van der Waals surface area contributed by atoms with Crippen molar-refractivity contribution in [3.05, 3.63) is 52.3 Å². The molecule has 9 nitrogen and oxygen atoms in total. The van der Waals surface area contributed by atoms with Crippen LogP contribution in [0, 0.1) is 10.1 Å². The fourth-order valence-corrected chi connectivity index (χ4v) is 3.71. The number of nitrogens with zero attached hydrogens (tertiary/aromatic N) is 5. The largest absolute Gasteiger partial charge is 0.336 e. The highest BCUT2D eigenvalue weighted by Gasteiger charge is 2.30. The molecule has 0 atom stereocenters. The number of aromatic nitrogens is 2. The third-order valence-corrected chi connectivity index (χ3v) is 5.15. The highest BCUT2D eigenvalue weighted by molar-refractivity contribution is 6.06. The minimum absolute atomic E-state index is 0. The first-order valence-electron chi connectivity index (χ1n) is 8.97. The Balaban J connectivity index is 0.00000225.